The third-order valence-electron chi connectivity index (χ3n) is 5.48. The Balaban J connectivity index is 1.46. The van der Waals surface area contributed by atoms with Gasteiger partial charge in [0.25, 0.3) is 0 Å². The normalized spacial score (nSPS) is 15.0. The van der Waals surface area contributed by atoms with E-state index in [1.165, 1.54) is 19.3 Å². The van der Waals surface area contributed by atoms with Crippen molar-refractivity contribution in [3.05, 3.63) is 48.0 Å². The number of anilines is 3. The molecule has 186 valence electrons. The summed E-state index contributed by atoms with van der Waals surface area (Å²) in [6, 6.07) is 10.8. The number of hydrogen-bond acceptors (Lipinski definition) is 10. The third-order valence-corrected chi connectivity index (χ3v) is 7.38. The van der Waals surface area contributed by atoms with Gasteiger partial charge in [0.1, 0.15) is 5.82 Å². The van der Waals surface area contributed by atoms with Crippen molar-refractivity contribution in [1.82, 2.24) is 14.9 Å². The topological polar surface area (TPSA) is 109 Å². The lowest BCUT2D eigenvalue weighted by Gasteiger charge is -2.26. The van der Waals surface area contributed by atoms with Crippen LogP contribution in [-0.2, 0) is 19.5 Å². The lowest BCUT2D eigenvalue weighted by Crippen LogP contribution is -2.33. The molecule has 0 saturated carbocycles. The van der Waals surface area contributed by atoms with Crippen molar-refractivity contribution < 1.29 is 13.7 Å². The predicted octanol–water partition coefficient (Wildman–Crippen LogP) is 5.51. The van der Waals surface area contributed by atoms with E-state index in [0.29, 0.717) is 10.8 Å². The number of benzene rings is 1. The fourth-order valence-corrected chi connectivity index (χ4v) is 5.16. The van der Waals surface area contributed by atoms with Gasteiger partial charge in [-0.15, -0.1) is 21.9 Å². The fourth-order valence-electron chi connectivity index (χ4n) is 3.76. The second kappa shape index (κ2) is 12.6. The molecule has 3 heterocycles. The Bertz CT molecular complexity index is 1190. The zero-order valence-electron chi connectivity index (χ0n) is 19.6. The number of piperidine rings is 1. The van der Waals surface area contributed by atoms with Crippen LogP contribution < -0.4 is 10.6 Å². The maximum atomic E-state index is 12.2. The number of nitrogens with one attached hydrogen (secondary N) is 2. The van der Waals surface area contributed by atoms with Gasteiger partial charge in [0, 0.05) is 29.9 Å². The van der Waals surface area contributed by atoms with Gasteiger partial charge in [0.05, 0.1) is 12.2 Å². The number of rotatable bonds is 9. The summed E-state index contributed by atoms with van der Waals surface area (Å²) in [6.07, 6.45) is 4.85. The van der Waals surface area contributed by atoms with Crippen LogP contribution in [0.1, 0.15) is 26.2 Å². The van der Waals surface area contributed by atoms with Gasteiger partial charge in [-0.1, -0.05) is 29.5 Å². The maximum absolute atomic E-state index is 12.2. The smallest absolute Gasteiger partial charge is 0.410 e. The molecule has 1 aliphatic rings. The van der Waals surface area contributed by atoms with Crippen LogP contribution in [-0.4, -0.2) is 53.7 Å². The first-order valence-corrected chi connectivity index (χ1v) is 13.7. The van der Waals surface area contributed by atoms with Gasteiger partial charge in [-0.05, 0) is 56.4 Å². The molecule has 3 aromatic rings. The zero-order chi connectivity index (χ0) is 24.5. The van der Waals surface area contributed by atoms with Crippen molar-refractivity contribution in [2.24, 2.45) is 4.36 Å². The fraction of sp³-hybridized carbons (Fsp3) is 0.375. The largest absolute Gasteiger partial charge is 0.450 e. The summed E-state index contributed by atoms with van der Waals surface area (Å²) in [7, 11) is -1.82. The average Bonchev–Trinajstić information content (AvgIpc) is 3.40. The molecule has 9 nitrogen and oxygen atoms in total. The van der Waals surface area contributed by atoms with Crippen molar-refractivity contribution in [2.75, 3.05) is 43.4 Å². The number of amides is 1. The van der Waals surface area contributed by atoms with E-state index in [4.69, 9.17) is 9.72 Å². The van der Waals surface area contributed by atoms with Crippen molar-refractivity contribution in [3.63, 3.8) is 0 Å². The molecule has 0 unspecified atom stereocenters. The molecule has 2 N–H and O–H groups in total. The van der Waals surface area contributed by atoms with E-state index in [2.05, 4.69) is 30.9 Å². The molecule has 1 saturated heterocycles. The van der Waals surface area contributed by atoms with Crippen LogP contribution in [0.25, 0.3) is 10.4 Å². The van der Waals surface area contributed by atoms with Gasteiger partial charge >= 0.3 is 6.09 Å². The van der Waals surface area contributed by atoms with Crippen molar-refractivity contribution in [3.8, 4) is 10.4 Å². The SMILES string of the molecule is CCOC(=O)N=[S-](=O)c1ccc(Nc2ncc(-c3cccs3)c(NCCN3CCCCC3)n2)cc1. The van der Waals surface area contributed by atoms with E-state index in [1.54, 1.807) is 42.5 Å². The molecule has 11 heteroatoms. The van der Waals surface area contributed by atoms with Crippen LogP contribution in [0.3, 0.4) is 0 Å². The van der Waals surface area contributed by atoms with Gasteiger partial charge < -0.3 is 24.5 Å². The molecule has 35 heavy (non-hydrogen) atoms. The van der Waals surface area contributed by atoms with E-state index in [0.717, 1.165) is 48.1 Å². The summed E-state index contributed by atoms with van der Waals surface area (Å²) in [4.78, 5) is 24.7. The highest BCUT2D eigenvalue weighted by Gasteiger charge is 2.13. The van der Waals surface area contributed by atoms with E-state index >= 15 is 0 Å². The molecular weight excluding hydrogens is 484 g/mol. The first-order chi connectivity index (χ1) is 17.1. The molecule has 4 rings (SSSR count). The number of carbonyl (C=O) groups excluding carboxylic acids is 1. The Hall–Kier alpha value is -3.02. The van der Waals surface area contributed by atoms with E-state index in [9.17, 15) is 9.00 Å². The lowest BCUT2D eigenvalue weighted by molar-refractivity contribution is 0.164. The van der Waals surface area contributed by atoms with Crippen LogP contribution in [0.2, 0.25) is 0 Å². The number of nitrogens with zero attached hydrogens (tertiary/aromatic N) is 4. The predicted molar refractivity (Wildman–Crippen MR) is 140 cm³/mol. The first-order valence-electron chi connectivity index (χ1n) is 11.7. The maximum Gasteiger partial charge on any atom is 0.410 e. The van der Waals surface area contributed by atoms with Crippen molar-refractivity contribution in [1.29, 1.82) is 0 Å². The number of ether oxygens (including phenoxy) is 1. The molecule has 0 aliphatic carbocycles. The molecule has 0 atom stereocenters. The van der Waals surface area contributed by atoms with E-state index in [1.807, 2.05) is 17.6 Å². The Kier molecular flexibility index (Phi) is 9.04. The number of carbonyl (C=O) groups is 1. The standard InChI is InChI=1S/C24H29N6O3S2/c1-2-33-24(31)29-35(32)19-10-8-18(9-11-19)27-23-26-17-20(21-7-6-16-34-21)22(28-23)25-12-15-30-13-4-3-5-14-30/h6-11,16-17H,2-5,12-15H2,1H3,(H2,25,26,27,28)/q-1. The number of thiophene rings is 1. The van der Waals surface area contributed by atoms with Gasteiger partial charge in [-0.2, -0.15) is 4.98 Å². The monoisotopic (exact) mass is 513 g/mol. The Morgan fingerprint density at radius 1 is 1.20 bits per heavy atom. The molecule has 1 amide bonds. The molecule has 1 aliphatic heterocycles. The molecule has 1 aromatic carbocycles. The molecule has 1 fully saturated rings. The van der Waals surface area contributed by atoms with E-state index in [-0.39, 0.29) is 6.61 Å². The zero-order valence-corrected chi connectivity index (χ0v) is 21.2. The van der Waals surface area contributed by atoms with Gasteiger partial charge in [-0.3, -0.25) is 4.36 Å². The second-order valence-corrected chi connectivity index (χ2v) is 10.1. The number of hydrogen-bond donors (Lipinski definition) is 2. The molecule has 0 spiro atoms. The molecule has 0 radical (unpaired) electrons. The van der Waals surface area contributed by atoms with Gasteiger partial charge in [0.15, 0.2) is 0 Å². The average molecular weight is 514 g/mol. The molecule has 2 aromatic heterocycles. The van der Waals surface area contributed by atoms with Crippen LogP contribution in [0.4, 0.5) is 22.2 Å². The highest BCUT2D eigenvalue weighted by atomic mass is 32.2. The summed E-state index contributed by atoms with van der Waals surface area (Å²) in [6.45, 7) is 5.95. The summed E-state index contributed by atoms with van der Waals surface area (Å²) < 4.78 is 20.4. The highest BCUT2D eigenvalue weighted by Crippen LogP contribution is 2.31. The Morgan fingerprint density at radius 3 is 2.71 bits per heavy atom. The quantitative estimate of drug-likeness (QED) is 0.361. The molecule has 0 bridgehead atoms. The Labute approximate surface area is 211 Å². The first kappa shape index (κ1) is 25.1. The minimum absolute atomic E-state index is 0.183. The van der Waals surface area contributed by atoms with Crippen molar-refractivity contribution >= 4 is 45.5 Å². The minimum Gasteiger partial charge on any atom is -0.450 e. The summed E-state index contributed by atoms with van der Waals surface area (Å²) >= 11 is 1.65. The third kappa shape index (κ3) is 7.23. The summed E-state index contributed by atoms with van der Waals surface area (Å²) in [5.41, 5.74) is 1.69. The number of likely N-dealkylation sites (tertiary alicyclic amines) is 1. The van der Waals surface area contributed by atoms with Crippen LogP contribution in [0.5, 0.6) is 0 Å². The van der Waals surface area contributed by atoms with Crippen LogP contribution >= 0.6 is 11.3 Å². The summed E-state index contributed by atoms with van der Waals surface area (Å²) in [5, 5.41) is 8.74. The highest BCUT2D eigenvalue weighted by molar-refractivity contribution is 7.75. The van der Waals surface area contributed by atoms with Gasteiger partial charge in [-0.25, -0.2) is 9.78 Å². The van der Waals surface area contributed by atoms with Crippen molar-refractivity contribution in [2.45, 2.75) is 31.1 Å². The number of aromatic nitrogens is 2. The lowest BCUT2D eigenvalue weighted by atomic mass is 10.1. The van der Waals surface area contributed by atoms with Crippen LogP contribution in [0.15, 0.2) is 57.2 Å². The van der Waals surface area contributed by atoms with E-state index < -0.39 is 16.7 Å². The van der Waals surface area contributed by atoms with Crippen LogP contribution in [0, 0.1) is 0 Å². The molecular formula is C24H29N6O3S2-. The minimum atomic E-state index is -1.82. The summed E-state index contributed by atoms with van der Waals surface area (Å²) in [5.74, 6) is 1.24. The second-order valence-electron chi connectivity index (χ2n) is 7.95. The van der Waals surface area contributed by atoms with Gasteiger partial charge in [0.2, 0.25) is 5.95 Å². The Morgan fingerprint density at radius 2 is 2.00 bits per heavy atom.